The fourth-order valence-electron chi connectivity index (χ4n) is 1.04. The van der Waals surface area contributed by atoms with Crippen LogP contribution in [0.3, 0.4) is 0 Å². The standard InChI is InChI=1S/C4H12Cl6O3Si4/c1-14(5,6)11-17(4,12-15(2,7)8)13-16(3,9)10/h1-4H3. The van der Waals surface area contributed by atoms with E-state index in [-0.39, 0.29) is 0 Å². The maximum atomic E-state index is 5.89. The van der Waals surface area contributed by atoms with E-state index < -0.39 is 29.6 Å². The Balaban J connectivity index is 4.95. The van der Waals surface area contributed by atoms with Crippen LogP contribution in [0.5, 0.6) is 0 Å². The summed E-state index contributed by atoms with van der Waals surface area (Å²) in [7, 11) is -3.26. The first-order valence-corrected chi connectivity index (χ1v) is 19.9. The largest absolute Gasteiger partial charge is 0.471 e. The number of rotatable bonds is 6. The van der Waals surface area contributed by atoms with E-state index >= 15 is 0 Å². The molecule has 0 saturated heterocycles. The van der Waals surface area contributed by atoms with Crippen LogP contribution in [0.1, 0.15) is 0 Å². The topological polar surface area (TPSA) is 27.7 Å². The predicted molar refractivity (Wildman–Crippen MR) is 84.8 cm³/mol. The Morgan fingerprint density at radius 3 is 0.824 bits per heavy atom. The summed E-state index contributed by atoms with van der Waals surface area (Å²) in [6.45, 7) is -2.56. The highest BCUT2D eigenvalue weighted by atomic mass is 35.7. The predicted octanol–water partition coefficient (Wildman–Crippen LogP) is 4.74. The van der Waals surface area contributed by atoms with E-state index in [0.29, 0.717) is 0 Å². The lowest BCUT2D eigenvalue weighted by atomic mass is 11.9. The van der Waals surface area contributed by atoms with Crippen LogP contribution in [0.25, 0.3) is 0 Å². The fraction of sp³-hybridized carbons (Fsp3) is 1.00. The second kappa shape index (κ2) is 6.50. The monoisotopic (exact) mass is 430 g/mol. The second-order valence-corrected chi connectivity index (χ2v) is 27.3. The van der Waals surface area contributed by atoms with Crippen LogP contribution in [0.15, 0.2) is 0 Å². The summed E-state index contributed by atoms with van der Waals surface area (Å²) in [4.78, 5) is 0. The van der Waals surface area contributed by atoms with Gasteiger partial charge in [-0.2, -0.15) is 0 Å². The summed E-state index contributed by atoms with van der Waals surface area (Å²) >= 11 is 35.3. The van der Waals surface area contributed by atoms with Crippen molar-refractivity contribution in [2.75, 3.05) is 0 Å². The minimum Gasteiger partial charge on any atom is -0.392 e. The molecule has 104 valence electrons. The molecule has 3 nitrogen and oxygen atoms in total. The van der Waals surface area contributed by atoms with Gasteiger partial charge in [0, 0.05) is 6.55 Å². The zero-order valence-electron chi connectivity index (χ0n) is 9.49. The van der Waals surface area contributed by atoms with Gasteiger partial charge in [0.1, 0.15) is 0 Å². The van der Waals surface area contributed by atoms with Gasteiger partial charge in [-0.15, -0.1) is 66.5 Å². The highest BCUT2D eigenvalue weighted by molar-refractivity contribution is 7.46. The Hall–Kier alpha value is 2.49. The molecule has 0 unspecified atom stereocenters. The average molecular weight is 433 g/mol. The van der Waals surface area contributed by atoms with Crippen molar-refractivity contribution in [2.45, 2.75) is 26.2 Å². The Bertz CT molecular complexity index is 219. The molecular weight excluding hydrogens is 421 g/mol. The van der Waals surface area contributed by atoms with Gasteiger partial charge in [0.05, 0.1) is 0 Å². The van der Waals surface area contributed by atoms with Crippen molar-refractivity contribution >= 4 is 96.1 Å². The van der Waals surface area contributed by atoms with Crippen LogP contribution in [-0.2, 0) is 12.3 Å². The van der Waals surface area contributed by atoms with Crippen molar-refractivity contribution in [2.24, 2.45) is 0 Å². The van der Waals surface area contributed by atoms with Crippen LogP contribution in [0, 0.1) is 0 Å². The van der Waals surface area contributed by atoms with Gasteiger partial charge in [-0.05, 0) is 19.6 Å². The lowest BCUT2D eigenvalue weighted by Gasteiger charge is -2.35. The molecule has 0 aliphatic carbocycles. The summed E-state index contributed by atoms with van der Waals surface area (Å²) in [5.74, 6) is 0. The number of hydrogen-bond donors (Lipinski definition) is 0. The molecule has 0 amide bonds. The Kier molecular flexibility index (Phi) is 7.45. The molecule has 0 fully saturated rings. The molecule has 17 heavy (non-hydrogen) atoms. The molecule has 0 heterocycles. The molecule has 0 bridgehead atoms. The third-order valence-corrected chi connectivity index (χ3v) is 14.0. The van der Waals surface area contributed by atoms with E-state index in [4.69, 9.17) is 78.8 Å². The van der Waals surface area contributed by atoms with Crippen LogP contribution in [-0.4, -0.2) is 29.6 Å². The summed E-state index contributed by atoms with van der Waals surface area (Å²) in [6.07, 6.45) is 0. The molecule has 0 aliphatic rings. The zero-order chi connectivity index (χ0) is 14.1. The summed E-state index contributed by atoms with van der Waals surface area (Å²) < 4.78 is 16.4. The van der Waals surface area contributed by atoms with Crippen LogP contribution in [0.2, 0.25) is 26.2 Å². The molecule has 0 rings (SSSR count). The summed E-state index contributed by atoms with van der Waals surface area (Å²) in [5, 5.41) is 0. The molecule has 0 saturated carbocycles. The Morgan fingerprint density at radius 2 is 0.706 bits per heavy atom. The van der Waals surface area contributed by atoms with Gasteiger partial charge in [0.15, 0.2) is 0 Å². The smallest absolute Gasteiger partial charge is 0.392 e. The third kappa shape index (κ3) is 12.0. The van der Waals surface area contributed by atoms with Gasteiger partial charge in [0.2, 0.25) is 0 Å². The van der Waals surface area contributed by atoms with E-state index in [0.717, 1.165) is 0 Å². The molecule has 0 atom stereocenters. The van der Waals surface area contributed by atoms with Crippen LogP contribution >= 0.6 is 66.5 Å². The Labute approximate surface area is 133 Å². The molecule has 0 aromatic heterocycles. The minimum atomic E-state index is -3.26. The van der Waals surface area contributed by atoms with Crippen molar-refractivity contribution < 1.29 is 12.3 Å². The summed E-state index contributed by atoms with van der Waals surface area (Å²) in [6, 6.07) is 0. The molecular formula is C4H12Cl6O3Si4. The molecule has 0 aromatic carbocycles. The average Bonchev–Trinajstić information content (AvgIpc) is 1.65. The lowest BCUT2D eigenvalue weighted by Crippen LogP contribution is -2.55. The van der Waals surface area contributed by atoms with E-state index in [9.17, 15) is 0 Å². The quantitative estimate of drug-likeness (QED) is 0.448. The maximum absolute atomic E-state index is 5.89. The normalized spacial score (nSPS) is 15.2. The van der Waals surface area contributed by atoms with Gasteiger partial charge in [-0.3, -0.25) is 0 Å². The van der Waals surface area contributed by atoms with Crippen molar-refractivity contribution in [1.29, 1.82) is 0 Å². The summed E-state index contributed by atoms with van der Waals surface area (Å²) in [5.41, 5.74) is 0. The lowest BCUT2D eigenvalue weighted by molar-refractivity contribution is 0.282. The molecule has 0 N–H and O–H groups in total. The third-order valence-electron chi connectivity index (χ3n) is 1.09. The highest BCUT2D eigenvalue weighted by Crippen LogP contribution is 2.32. The second-order valence-electron chi connectivity index (χ2n) is 3.59. The maximum Gasteiger partial charge on any atom is 0.471 e. The van der Waals surface area contributed by atoms with Gasteiger partial charge < -0.3 is 12.3 Å². The molecule has 13 heteroatoms. The fourth-order valence-corrected chi connectivity index (χ4v) is 18.0. The van der Waals surface area contributed by atoms with E-state index in [1.165, 1.54) is 0 Å². The first kappa shape index (κ1) is 19.5. The molecule has 0 spiro atoms. The van der Waals surface area contributed by atoms with Crippen molar-refractivity contribution in [3.05, 3.63) is 0 Å². The molecule has 0 aliphatic heterocycles. The molecule has 0 radical (unpaired) electrons. The van der Waals surface area contributed by atoms with Crippen molar-refractivity contribution in [1.82, 2.24) is 0 Å². The van der Waals surface area contributed by atoms with Gasteiger partial charge >= 0.3 is 29.6 Å². The molecule has 0 aromatic rings. The first-order chi connectivity index (χ1) is 7.12. The van der Waals surface area contributed by atoms with Gasteiger partial charge in [-0.1, -0.05) is 0 Å². The SMILES string of the molecule is C[Si](Cl)(Cl)O[Si](C)(O[Si](C)(Cl)Cl)O[Si](C)(Cl)Cl. The van der Waals surface area contributed by atoms with Crippen LogP contribution < -0.4 is 0 Å². The first-order valence-electron chi connectivity index (χ1n) is 4.36. The van der Waals surface area contributed by atoms with Gasteiger partial charge in [-0.25, -0.2) is 0 Å². The minimum absolute atomic E-state index is 1.55. The van der Waals surface area contributed by atoms with Gasteiger partial charge in [0.25, 0.3) is 0 Å². The van der Waals surface area contributed by atoms with Crippen LogP contribution in [0.4, 0.5) is 0 Å². The van der Waals surface area contributed by atoms with E-state index in [2.05, 4.69) is 0 Å². The zero-order valence-corrected chi connectivity index (χ0v) is 18.0. The van der Waals surface area contributed by atoms with Crippen molar-refractivity contribution in [3.8, 4) is 0 Å². The Morgan fingerprint density at radius 1 is 0.529 bits per heavy atom. The number of hydrogen-bond acceptors (Lipinski definition) is 3. The van der Waals surface area contributed by atoms with E-state index in [1.807, 2.05) is 0 Å². The number of halogens is 6. The van der Waals surface area contributed by atoms with E-state index in [1.54, 1.807) is 26.2 Å². The highest BCUT2D eigenvalue weighted by Gasteiger charge is 2.51. The van der Waals surface area contributed by atoms with Crippen molar-refractivity contribution in [3.63, 3.8) is 0 Å².